The van der Waals surface area contributed by atoms with Gasteiger partial charge in [-0.1, -0.05) is 19.8 Å². The number of hydrogen-bond donors (Lipinski definition) is 2. The van der Waals surface area contributed by atoms with Crippen LogP contribution in [-0.4, -0.2) is 17.3 Å². The van der Waals surface area contributed by atoms with E-state index in [4.69, 9.17) is 5.73 Å². The molecule has 1 saturated carbocycles. The number of rotatable bonds is 2. The van der Waals surface area contributed by atoms with Crippen molar-refractivity contribution in [1.29, 1.82) is 0 Å². The summed E-state index contributed by atoms with van der Waals surface area (Å²) in [5.74, 6) is 1.23. The molecule has 0 aromatic rings. The van der Waals surface area contributed by atoms with Crippen LogP contribution in [0.3, 0.4) is 0 Å². The van der Waals surface area contributed by atoms with Gasteiger partial charge in [0.1, 0.15) is 0 Å². The molecule has 0 aliphatic heterocycles. The molecule has 0 saturated heterocycles. The fourth-order valence-electron chi connectivity index (χ4n) is 2.22. The topological polar surface area (TPSA) is 46.2 Å². The van der Waals surface area contributed by atoms with Crippen molar-refractivity contribution in [2.24, 2.45) is 17.6 Å². The van der Waals surface area contributed by atoms with Gasteiger partial charge < -0.3 is 10.8 Å². The van der Waals surface area contributed by atoms with Gasteiger partial charge in [-0.15, -0.1) is 0 Å². The second kappa shape index (κ2) is 4.24. The lowest BCUT2D eigenvalue weighted by atomic mass is 9.78. The SMILES string of the molecule is CC1CCCC(C(O)[C@@H](C)N)C1. The van der Waals surface area contributed by atoms with Crippen molar-refractivity contribution in [3.63, 3.8) is 0 Å². The van der Waals surface area contributed by atoms with E-state index >= 15 is 0 Å². The summed E-state index contributed by atoms with van der Waals surface area (Å²) in [7, 11) is 0. The second-order valence-corrected chi connectivity index (χ2v) is 4.38. The molecule has 0 spiro atoms. The van der Waals surface area contributed by atoms with Crippen LogP contribution in [0, 0.1) is 11.8 Å². The Bertz CT molecular complexity index is 136. The first kappa shape index (κ1) is 10.0. The molecule has 3 unspecified atom stereocenters. The Kier molecular flexibility index (Phi) is 3.53. The number of nitrogens with two attached hydrogens (primary N) is 1. The molecule has 0 aromatic heterocycles. The zero-order chi connectivity index (χ0) is 9.14. The summed E-state index contributed by atoms with van der Waals surface area (Å²) in [5.41, 5.74) is 5.66. The Balaban J connectivity index is 2.40. The highest BCUT2D eigenvalue weighted by molar-refractivity contribution is 4.80. The monoisotopic (exact) mass is 171 g/mol. The normalized spacial score (nSPS) is 36.0. The molecule has 2 nitrogen and oxygen atoms in total. The van der Waals surface area contributed by atoms with Gasteiger partial charge in [-0.25, -0.2) is 0 Å². The van der Waals surface area contributed by atoms with Crippen LogP contribution < -0.4 is 5.73 Å². The van der Waals surface area contributed by atoms with E-state index in [2.05, 4.69) is 6.92 Å². The average Bonchev–Trinajstić information content (AvgIpc) is 2.03. The molecule has 3 N–H and O–H groups in total. The van der Waals surface area contributed by atoms with Gasteiger partial charge in [0.15, 0.2) is 0 Å². The van der Waals surface area contributed by atoms with Crippen molar-refractivity contribution in [3.8, 4) is 0 Å². The number of hydrogen-bond acceptors (Lipinski definition) is 2. The fraction of sp³-hybridized carbons (Fsp3) is 1.00. The summed E-state index contributed by atoms with van der Waals surface area (Å²) in [4.78, 5) is 0. The summed E-state index contributed by atoms with van der Waals surface area (Å²) >= 11 is 0. The minimum absolute atomic E-state index is 0.0692. The molecule has 1 rings (SSSR count). The molecule has 0 amide bonds. The third kappa shape index (κ3) is 2.46. The molecule has 0 aromatic carbocycles. The van der Waals surface area contributed by atoms with Crippen molar-refractivity contribution in [2.75, 3.05) is 0 Å². The molecule has 72 valence electrons. The maximum Gasteiger partial charge on any atom is 0.0716 e. The molecule has 1 aliphatic rings. The molecule has 0 heterocycles. The van der Waals surface area contributed by atoms with Crippen LogP contribution in [0.4, 0.5) is 0 Å². The van der Waals surface area contributed by atoms with Crippen molar-refractivity contribution < 1.29 is 5.11 Å². The molecular formula is C10H21NO. The first-order chi connectivity index (χ1) is 5.61. The molecule has 1 aliphatic carbocycles. The van der Waals surface area contributed by atoms with Crippen LogP contribution >= 0.6 is 0 Å². The van der Waals surface area contributed by atoms with E-state index in [9.17, 15) is 5.11 Å². The largest absolute Gasteiger partial charge is 0.391 e. The lowest BCUT2D eigenvalue weighted by molar-refractivity contribution is 0.0555. The van der Waals surface area contributed by atoms with E-state index in [1.165, 1.54) is 12.8 Å². The van der Waals surface area contributed by atoms with Crippen LogP contribution in [0.2, 0.25) is 0 Å². The highest BCUT2D eigenvalue weighted by atomic mass is 16.3. The van der Waals surface area contributed by atoms with Gasteiger partial charge in [0.25, 0.3) is 0 Å². The summed E-state index contributed by atoms with van der Waals surface area (Å²) in [6.45, 7) is 4.16. The van der Waals surface area contributed by atoms with Gasteiger partial charge in [-0.3, -0.25) is 0 Å². The van der Waals surface area contributed by atoms with Gasteiger partial charge in [0.05, 0.1) is 6.10 Å². The van der Waals surface area contributed by atoms with E-state index < -0.39 is 0 Å². The average molecular weight is 171 g/mol. The Morgan fingerprint density at radius 3 is 2.58 bits per heavy atom. The van der Waals surface area contributed by atoms with Gasteiger partial charge in [0.2, 0.25) is 0 Å². The van der Waals surface area contributed by atoms with Crippen molar-refractivity contribution >= 4 is 0 Å². The maximum absolute atomic E-state index is 9.74. The molecule has 4 atom stereocenters. The fourth-order valence-corrected chi connectivity index (χ4v) is 2.22. The summed E-state index contributed by atoms with van der Waals surface area (Å²) in [6.07, 6.45) is 4.61. The van der Waals surface area contributed by atoms with Gasteiger partial charge in [0, 0.05) is 6.04 Å². The van der Waals surface area contributed by atoms with Crippen molar-refractivity contribution in [3.05, 3.63) is 0 Å². The molecule has 1 fully saturated rings. The third-order valence-electron chi connectivity index (χ3n) is 3.00. The predicted octanol–water partition coefficient (Wildman–Crippen LogP) is 1.52. The smallest absolute Gasteiger partial charge is 0.0716 e. The zero-order valence-corrected chi connectivity index (χ0v) is 8.16. The number of aliphatic hydroxyl groups excluding tert-OH is 1. The highest BCUT2D eigenvalue weighted by Gasteiger charge is 2.27. The second-order valence-electron chi connectivity index (χ2n) is 4.38. The minimum Gasteiger partial charge on any atom is -0.391 e. The lowest BCUT2D eigenvalue weighted by Crippen LogP contribution is -2.39. The van der Waals surface area contributed by atoms with Crippen LogP contribution in [0.5, 0.6) is 0 Å². The highest BCUT2D eigenvalue weighted by Crippen LogP contribution is 2.31. The van der Waals surface area contributed by atoms with Gasteiger partial charge >= 0.3 is 0 Å². The van der Waals surface area contributed by atoms with E-state index in [0.29, 0.717) is 5.92 Å². The molecule has 12 heavy (non-hydrogen) atoms. The zero-order valence-electron chi connectivity index (χ0n) is 8.16. The first-order valence-corrected chi connectivity index (χ1v) is 5.05. The maximum atomic E-state index is 9.74. The summed E-state index contributed by atoms with van der Waals surface area (Å²) in [6, 6.07) is -0.0692. The predicted molar refractivity (Wildman–Crippen MR) is 50.8 cm³/mol. The first-order valence-electron chi connectivity index (χ1n) is 5.05. The summed E-state index contributed by atoms with van der Waals surface area (Å²) < 4.78 is 0. The Labute approximate surface area is 75.2 Å². The quantitative estimate of drug-likeness (QED) is 0.661. The van der Waals surface area contributed by atoms with Crippen LogP contribution in [0.15, 0.2) is 0 Å². The molecule has 0 bridgehead atoms. The molecular weight excluding hydrogens is 150 g/mol. The third-order valence-corrected chi connectivity index (χ3v) is 3.00. The van der Waals surface area contributed by atoms with Crippen LogP contribution in [0.1, 0.15) is 39.5 Å². The molecule has 2 heteroatoms. The van der Waals surface area contributed by atoms with E-state index in [0.717, 1.165) is 18.8 Å². The Hall–Kier alpha value is -0.0800. The minimum atomic E-state index is -0.284. The standard InChI is InChI=1S/C10H21NO/c1-7-4-3-5-9(6-7)10(12)8(2)11/h7-10,12H,3-6,11H2,1-2H3/t7?,8-,9?,10?/m1/s1. The molecule has 0 radical (unpaired) electrons. The van der Waals surface area contributed by atoms with Gasteiger partial charge in [-0.05, 0) is 31.6 Å². The van der Waals surface area contributed by atoms with Crippen LogP contribution in [0.25, 0.3) is 0 Å². The van der Waals surface area contributed by atoms with Gasteiger partial charge in [-0.2, -0.15) is 0 Å². The van der Waals surface area contributed by atoms with E-state index in [1.54, 1.807) is 0 Å². The van der Waals surface area contributed by atoms with E-state index in [-0.39, 0.29) is 12.1 Å². The number of aliphatic hydroxyl groups is 1. The Morgan fingerprint density at radius 2 is 2.08 bits per heavy atom. The summed E-state index contributed by atoms with van der Waals surface area (Å²) in [5, 5.41) is 9.74. The van der Waals surface area contributed by atoms with Crippen molar-refractivity contribution in [1.82, 2.24) is 0 Å². The Morgan fingerprint density at radius 1 is 1.42 bits per heavy atom. The van der Waals surface area contributed by atoms with Crippen molar-refractivity contribution in [2.45, 2.75) is 51.7 Å². The van der Waals surface area contributed by atoms with Crippen LogP contribution in [-0.2, 0) is 0 Å². The lowest BCUT2D eigenvalue weighted by Gasteiger charge is -2.32. The van der Waals surface area contributed by atoms with E-state index in [1.807, 2.05) is 6.92 Å².